The van der Waals surface area contributed by atoms with Crippen LogP contribution in [0.2, 0.25) is 0 Å². The van der Waals surface area contributed by atoms with Crippen molar-refractivity contribution in [2.24, 2.45) is 10.9 Å². The maximum atomic E-state index is 12.1. The molecular formula is C17H19N3O8S2. The lowest BCUT2D eigenvalue weighted by atomic mass is 10.2. The lowest BCUT2D eigenvalue weighted by Gasteiger charge is -2.12. The number of hydrogen-bond donors (Lipinski definition) is 2. The number of alkyl carbamates (subject to hydrolysis) is 1. The van der Waals surface area contributed by atoms with Crippen LogP contribution in [-0.2, 0) is 35.6 Å². The van der Waals surface area contributed by atoms with E-state index in [-0.39, 0.29) is 17.3 Å². The minimum absolute atomic E-state index is 0.0875. The monoisotopic (exact) mass is 457 g/mol. The number of nitrogens with zero attached hydrogens (tertiary/aromatic N) is 1. The van der Waals surface area contributed by atoms with Crippen LogP contribution in [0.15, 0.2) is 58.6 Å². The van der Waals surface area contributed by atoms with Crippen molar-refractivity contribution in [1.82, 2.24) is 5.32 Å². The van der Waals surface area contributed by atoms with E-state index in [1.165, 1.54) is 18.2 Å². The van der Waals surface area contributed by atoms with Gasteiger partial charge in [0.2, 0.25) is 5.96 Å². The number of ether oxygens (including phenoxy) is 2. The smallest absolute Gasteiger partial charge is 0.414 e. The van der Waals surface area contributed by atoms with Crippen LogP contribution in [0.5, 0.6) is 11.5 Å². The zero-order chi connectivity index (χ0) is 22.4. The molecule has 162 valence electrons. The molecule has 2 aromatic rings. The highest BCUT2D eigenvalue weighted by Crippen LogP contribution is 2.30. The van der Waals surface area contributed by atoms with E-state index in [2.05, 4.69) is 9.44 Å². The van der Waals surface area contributed by atoms with Gasteiger partial charge in [-0.25, -0.2) is 13.2 Å². The molecule has 11 nitrogen and oxygen atoms in total. The molecule has 0 aliphatic rings. The Morgan fingerprint density at radius 2 is 1.73 bits per heavy atom. The van der Waals surface area contributed by atoms with Gasteiger partial charge in [0.05, 0.1) is 6.26 Å². The minimum Gasteiger partial charge on any atom is -0.456 e. The second kappa shape index (κ2) is 9.45. The fraction of sp³-hybridized carbons (Fsp3) is 0.176. The zero-order valence-corrected chi connectivity index (χ0v) is 17.6. The Kier molecular flexibility index (Phi) is 7.24. The van der Waals surface area contributed by atoms with Crippen LogP contribution < -0.4 is 15.8 Å². The fourth-order valence-corrected chi connectivity index (χ4v) is 3.11. The Balaban J connectivity index is 2.09. The van der Waals surface area contributed by atoms with Gasteiger partial charge in [0.15, 0.2) is 9.84 Å². The molecule has 0 unspecified atom stereocenters. The largest absolute Gasteiger partial charge is 0.456 e. The molecule has 1 amide bonds. The van der Waals surface area contributed by atoms with Crippen molar-refractivity contribution in [2.45, 2.75) is 11.5 Å². The van der Waals surface area contributed by atoms with E-state index in [9.17, 15) is 21.6 Å². The molecular weight excluding hydrogens is 438 g/mol. The van der Waals surface area contributed by atoms with E-state index < -0.39 is 32.0 Å². The van der Waals surface area contributed by atoms with Gasteiger partial charge in [-0.05, 0) is 35.0 Å². The second-order valence-electron chi connectivity index (χ2n) is 5.92. The maximum Gasteiger partial charge on any atom is 0.414 e. The highest BCUT2D eigenvalue weighted by molar-refractivity contribution is 7.90. The molecule has 0 aliphatic heterocycles. The summed E-state index contributed by atoms with van der Waals surface area (Å²) in [5.74, 6) is -0.0723. The van der Waals surface area contributed by atoms with Gasteiger partial charge in [0.25, 0.3) is 0 Å². The van der Waals surface area contributed by atoms with Crippen molar-refractivity contribution >= 4 is 32.0 Å². The molecule has 0 saturated carbocycles. The number of oxime groups is 1. The highest BCUT2D eigenvalue weighted by atomic mass is 32.2. The van der Waals surface area contributed by atoms with Crippen LogP contribution in [0.25, 0.3) is 0 Å². The Hall–Kier alpha value is -3.32. The van der Waals surface area contributed by atoms with Gasteiger partial charge in [-0.3, -0.25) is 9.60 Å². The summed E-state index contributed by atoms with van der Waals surface area (Å²) in [5.41, 5.74) is 5.63. The zero-order valence-electron chi connectivity index (χ0n) is 15.9. The van der Waals surface area contributed by atoms with E-state index in [4.69, 9.17) is 15.2 Å². The van der Waals surface area contributed by atoms with Crippen molar-refractivity contribution in [2.75, 3.05) is 12.5 Å². The number of sulfone groups is 1. The van der Waals surface area contributed by atoms with E-state index in [1.807, 2.05) is 5.32 Å². The highest BCUT2D eigenvalue weighted by Gasteiger charge is 2.17. The van der Waals surface area contributed by atoms with E-state index >= 15 is 0 Å². The van der Waals surface area contributed by atoms with Crippen molar-refractivity contribution < 1.29 is 35.4 Å². The van der Waals surface area contributed by atoms with Gasteiger partial charge in [-0.1, -0.05) is 24.3 Å². The first kappa shape index (κ1) is 23.0. The first-order valence-corrected chi connectivity index (χ1v) is 11.9. The fourth-order valence-electron chi connectivity index (χ4n) is 2.05. The van der Waals surface area contributed by atoms with E-state index in [0.29, 0.717) is 11.3 Å². The molecule has 0 aromatic heterocycles. The molecule has 30 heavy (non-hydrogen) atoms. The molecule has 0 heterocycles. The number of hydrogen-bond acceptors (Lipinski definition) is 9. The Labute approximate surface area is 173 Å². The van der Waals surface area contributed by atoms with Gasteiger partial charge in [0, 0.05) is 6.26 Å². The van der Waals surface area contributed by atoms with Crippen LogP contribution in [0.3, 0.4) is 0 Å². The lowest BCUT2D eigenvalue weighted by Crippen LogP contribution is -2.37. The van der Waals surface area contributed by atoms with Crippen LogP contribution >= 0.6 is 0 Å². The first-order valence-electron chi connectivity index (χ1n) is 8.16. The molecule has 0 atom stereocenters. The van der Waals surface area contributed by atoms with Crippen molar-refractivity contribution in [3.05, 3.63) is 54.1 Å². The Morgan fingerprint density at radius 1 is 1.07 bits per heavy atom. The SMILES string of the molecule is CS(=O)(=O)ON=C(N)NC(=O)OCc1ccc(Oc2ccccc2)c(S(C)(=O)=O)c1. The van der Waals surface area contributed by atoms with Gasteiger partial charge in [-0.2, -0.15) is 8.42 Å². The third-order valence-corrected chi connectivity index (χ3v) is 4.71. The number of nitrogens with two attached hydrogens (primary N) is 1. The molecule has 0 spiro atoms. The average molecular weight is 457 g/mol. The van der Waals surface area contributed by atoms with E-state index in [0.717, 1.165) is 12.5 Å². The van der Waals surface area contributed by atoms with Gasteiger partial charge in [0.1, 0.15) is 23.0 Å². The number of guanidine groups is 1. The quantitative estimate of drug-likeness (QED) is 0.354. The van der Waals surface area contributed by atoms with Crippen LogP contribution in [0.1, 0.15) is 5.56 Å². The average Bonchev–Trinajstić information content (AvgIpc) is 2.65. The number of carbonyl (C=O) groups excluding carboxylic acids is 1. The Morgan fingerprint density at radius 3 is 2.33 bits per heavy atom. The van der Waals surface area contributed by atoms with Crippen LogP contribution in [-0.4, -0.2) is 41.4 Å². The summed E-state index contributed by atoms with van der Waals surface area (Å²) >= 11 is 0. The van der Waals surface area contributed by atoms with Crippen molar-refractivity contribution in [3.63, 3.8) is 0 Å². The van der Waals surface area contributed by atoms with E-state index in [1.54, 1.807) is 30.3 Å². The second-order valence-corrected chi connectivity index (χ2v) is 9.47. The number of rotatable bonds is 7. The molecule has 0 radical (unpaired) electrons. The van der Waals surface area contributed by atoms with Crippen molar-refractivity contribution in [3.8, 4) is 11.5 Å². The van der Waals surface area contributed by atoms with Gasteiger partial charge in [-0.15, -0.1) is 0 Å². The van der Waals surface area contributed by atoms with Gasteiger partial charge >= 0.3 is 16.2 Å². The van der Waals surface area contributed by atoms with Crippen LogP contribution in [0.4, 0.5) is 4.79 Å². The number of nitrogens with one attached hydrogen (secondary N) is 1. The number of para-hydroxylation sites is 1. The van der Waals surface area contributed by atoms with Crippen molar-refractivity contribution in [1.29, 1.82) is 0 Å². The molecule has 0 fully saturated rings. The number of benzene rings is 2. The molecule has 0 saturated heterocycles. The molecule has 3 N–H and O–H groups in total. The maximum absolute atomic E-state index is 12.1. The predicted octanol–water partition coefficient (Wildman–Crippen LogP) is 1.31. The van der Waals surface area contributed by atoms with Gasteiger partial charge < -0.3 is 15.2 Å². The lowest BCUT2D eigenvalue weighted by molar-refractivity contribution is 0.144. The minimum atomic E-state index is -3.88. The standard InChI is InChI=1S/C17H19N3O8S2/c1-29(22,23)15-10-12(8-9-14(15)27-13-6-4-3-5-7-13)11-26-17(21)19-16(18)20-28-30(2,24)25/h3-10H,11H2,1-2H3,(H3,18,19,20,21). The van der Waals surface area contributed by atoms with Crippen LogP contribution in [0, 0.1) is 0 Å². The number of carbonyl (C=O) groups is 1. The summed E-state index contributed by atoms with van der Waals surface area (Å²) in [6, 6.07) is 12.9. The summed E-state index contributed by atoms with van der Waals surface area (Å²) in [4.78, 5) is 11.6. The molecule has 0 bridgehead atoms. The summed E-state index contributed by atoms with van der Waals surface area (Å²) in [5, 5.41) is 4.93. The third-order valence-electron chi connectivity index (χ3n) is 3.25. The predicted molar refractivity (Wildman–Crippen MR) is 107 cm³/mol. The summed E-state index contributed by atoms with van der Waals surface area (Å²) in [6.45, 7) is -0.305. The summed E-state index contributed by atoms with van der Waals surface area (Å²) < 4.78 is 60.5. The summed E-state index contributed by atoms with van der Waals surface area (Å²) in [7, 11) is -7.53. The number of amides is 1. The molecule has 2 aromatic carbocycles. The first-order chi connectivity index (χ1) is 13.9. The normalized spacial score (nSPS) is 12.1. The molecule has 0 aliphatic carbocycles. The molecule has 2 rings (SSSR count). The molecule has 13 heteroatoms. The summed E-state index contributed by atoms with van der Waals surface area (Å²) in [6.07, 6.45) is 0.710. The third kappa shape index (κ3) is 7.60. The topological polar surface area (TPSA) is 163 Å². The Bertz CT molecular complexity index is 1150.